The van der Waals surface area contributed by atoms with E-state index in [-0.39, 0.29) is 4.90 Å². The molecule has 8 heteroatoms. The highest BCUT2D eigenvalue weighted by molar-refractivity contribution is 7.92. The molecule has 1 aromatic carbocycles. The highest BCUT2D eigenvalue weighted by atomic mass is 32.2. The van der Waals surface area contributed by atoms with Crippen LogP contribution in [0.15, 0.2) is 41.6 Å². The predicted molar refractivity (Wildman–Crippen MR) is 73.4 cm³/mol. The van der Waals surface area contributed by atoms with Gasteiger partial charge in [0.05, 0.1) is 12.7 Å². The van der Waals surface area contributed by atoms with E-state index < -0.39 is 15.8 Å². The maximum atomic E-state index is 12.8. The van der Waals surface area contributed by atoms with E-state index in [9.17, 15) is 12.8 Å². The van der Waals surface area contributed by atoms with Crippen LogP contribution >= 0.6 is 0 Å². The van der Waals surface area contributed by atoms with Crippen LogP contribution < -0.4 is 10.0 Å². The molecule has 0 aliphatic rings. The van der Waals surface area contributed by atoms with Crippen LogP contribution in [0.25, 0.3) is 0 Å². The van der Waals surface area contributed by atoms with Crippen molar-refractivity contribution >= 4 is 15.7 Å². The van der Waals surface area contributed by atoms with Crippen molar-refractivity contribution in [1.29, 1.82) is 0 Å². The Morgan fingerprint density at radius 1 is 1.30 bits per heavy atom. The normalized spacial score (nSPS) is 11.5. The number of hydrogen-bond acceptors (Lipinski definition) is 4. The first-order chi connectivity index (χ1) is 9.51. The van der Waals surface area contributed by atoms with Gasteiger partial charge in [-0.15, -0.1) is 0 Å². The third-order valence-corrected chi connectivity index (χ3v) is 3.94. The minimum atomic E-state index is -3.71. The van der Waals surface area contributed by atoms with Crippen molar-refractivity contribution in [3.8, 4) is 0 Å². The fourth-order valence-electron chi connectivity index (χ4n) is 1.56. The summed E-state index contributed by atoms with van der Waals surface area (Å²) in [6.07, 6.45) is 2.73. The SMILES string of the molecule is CNCCn1cc(S(=O)(=O)Nc2ccc(F)cc2)cn1. The Kier molecular flexibility index (Phi) is 4.35. The fraction of sp³-hybridized carbons (Fsp3) is 0.250. The molecule has 0 fully saturated rings. The Hall–Kier alpha value is -1.93. The second-order valence-corrected chi connectivity index (χ2v) is 5.84. The molecule has 2 N–H and O–H groups in total. The Balaban J connectivity index is 2.13. The Morgan fingerprint density at radius 3 is 2.65 bits per heavy atom. The lowest BCUT2D eigenvalue weighted by Crippen LogP contribution is -2.15. The predicted octanol–water partition coefficient (Wildman–Crippen LogP) is 1.04. The number of benzene rings is 1. The van der Waals surface area contributed by atoms with Crippen LogP contribution in [-0.2, 0) is 16.6 Å². The van der Waals surface area contributed by atoms with Crippen LogP contribution in [0.5, 0.6) is 0 Å². The molecule has 0 bridgehead atoms. The van der Waals surface area contributed by atoms with E-state index in [0.717, 1.165) is 0 Å². The maximum absolute atomic E-state index is 12.8. The van der Waals surface area contributed by atoms with Gasteiger partial charge in [-0.05, 0) is 31.3 Å². The first-order valence-electron chi connectivity index (χ1n) is 5.97. The van der Waals surface area contributed by atoms with Crippen molar-refractivity contribution < 1.29 is 12.8 Å². The molecule has 0 radical (unpaired) electrons. The highest BCUT2D eigenvalue weighted by Crippen LogP contribution is 2.15. The maximum Gasteiger partial charge on any atom is 0.265 e. The third kappa shape index (κ3) is 3.55. The van der Waals surface area contributed by atoms with Crippen LogP contribution in [-0.4, -0.2) is 31.8 Å². The Morgan fingerprint density at radius 2 is 2.00 bits per heavy atom. The van der Waals surface area contributed by atoms with Crippen molar-refractivity contribution in [3.05, 3.63) is 42.5 Å². The smallest absolute Gasteiger partial charge is 0.265 e. The molecule has 0 spiro atoms. The van der Waals surface area contributed by atoms with E-state index in [2.05, 4.69) is 15.1 Å². The zero-order valence-electron chi connectivity index (χ0n) is 10.9. The lowest BCUT2D eigenvalue weighted by molar-refractivity contribution is 0.582. The monoisotopic (exact) mass is 298 g/mol. The minimum Gasteiger partial charge on any atom is -0.318 e. The molecule has 2 aromatic rings. The Bertz CT molecular complexity index is 667. The minimum absolute atomic E-state index is 0.0675. The summed E-state index contributed by atoms with van der Waals surface area (Å²) < 4.78 is 40.9. The number of likely N-dealkylation sites (N-methyl/N-ethyl adjacent to an activating group) is 1. The molecule has 0 amide bonds. The molecule has 6 nitrogen and oxygen atoms in total. The Labute approximate surface area is 116 Å². The summed E-state index contributed by atoms with van der Waals surface area (Å²) in [6, 6.07) is 5.10. The molecule has 108 valence electrons. The number of aromatic nitrogens is 2. The van der Waals surface area contributed by atoms with Gasteiger partial charge in [-0.2, -0.15) is 5.10 Å². The summed E-state index contributed by atoms with van der Waals surface area (Å²) in [5.74, 6) is -0.423. The van der Waals surface area contributed by atoms with E-state index in [1.165, 1.54) is 41.3 Å². The van der Waals surface area contributed by atoms with Crippen LogP contribution in [0.1, 0.15) is 0 Å². The molecule has 0 saturated heterocycles. The summed E-state index contributed by atoms with van der Waals surface area (Å²) in [5.41, 5.74) is 0.300. The van der Waals surface area contributed by atoms with Crippen molar-refractivity contribution in [2.75, 3.05) is 18.3 Å². The molecule has 0 aliphatic heterocycles. The molecular formula is C12H15FN4O2S. The molecule has 2 rings (SSSR count). The van der Waals surface area contributed by atoms with Gasteiger partial charge in [-0.3, -0.25) is 9.40 Å². The van der Waals surface area contributed by atoms with Crippen LogP contribution in [0.2, 0.25) is 0 Å². The van der Waals surface area contributed by atoms with Crippen molar-refractivity contribution in [1.82, 2.24) is 15.1 Å². The van der Waals surface area contributed by atoms with Crippen LogP contribution in [0, 0.1) is 5.82 Å². The summed E-state index contributed by atoms with van der Waals surface area (Å²) in [7, 11) is -1.90. The average Bonchev–Trinajstić information content (AvgIpc) is 2.88. The molecule has 20 heavy (non-hydrogen) atoms. The van der Waals surface area contributed by atoms with Gasteiger partial charge in [0.25, 0.3) is 10.0 Å². The van der Waals surface area contributed by atoms with Crippen molar-refractivity contribution in [2.45, 2.75) is 11.4 Å². The summed E-state index contributed by atoms with van der Waals surface area (Å²) in [4.78, 5) is 0.0675. The first-order valence-corrected chi connectivity index (χ1v) is 7.45. The molecule has 1 heterocycles. The van der Waals surface area contributed by atoms with Crippen LogP contribution in [0.3, 0.4) is 0 Å². The van der Waals surface area contributed by atoms with Gasteiger partial charge in [0.2, 0.25) is 0 Å². The second kappa shape index (κ2) is 6.02. The number of rotatable bonds is 6. The second-order valence-electron chi connectivity index (χ2n) is 4.16. The van der Waals surface area contributed by atoms with Crippen LogP contribution in [0.4, 0.5) is 10.1 Å². The zero-order valence-corrected chi connectivity index (χ0v) is 11.7. The lowest BCUT2D eigenvalue weighted by Gasteiger charge is -2.05. The molecule has 0 unspecified atom stereocenters. The van der Waals surface area contributed by atoms with Gasteiger partial charge in [-0.25, -0.2) is 12.8 Å². The fourth-order valence-corrected chi connectivity index (χ4v) is 2.57. The standard InChI is InChI=1S/C12H15FN4O2S/c1-14-6-7-17-9-12(8-15-17)20(18,19)16-11-4-2-10(13)3-5-11/h2-5,8-9,14,16H,6-7H2,1H3. The van der Waals surface area contributed by atoms with E-state index in [1.54, 1.807) is 7.05 Å². The van der Waals surface area contributed by atoms with Gasteiger partial charge in [0.15, 0.2) is 0 Å². The number of nitrogens with zero attached hydrogens (tertiary/aromatic N) is 2. The lowest BCUT2D eigenvalue weighted by atomic mass is 10.3. The van der Waals surface area contributed by atoms with Crippen molar-refractivity contribution in [3.63, 3.8) is 0 Å². The number of halogens is 1. The highest BCUT2D eigenvalue weighted by Gasteiger charge is 2.16. The van der Waals surface area contributed by atoms with Gasteiger partial charge < -0.3 is 5.32 Å². The largest absolute Gasteiger partial charge is 0.318 e. The molecule has 0 atom stereocenters. The van der Waals surface area contributed by atoms with Gasteiger partial charge in [0.1, 0.15) is 10.7 Å². The quantitative estimate of drug-likeness (QED) is 0.835. The summed E-state index contributed by atoms with van der Waals surface area (Å²) >= 11 is 0. The number of sulfonamides is 1. The summed E-state index contributed by atoms with van der Waals surface area (Å²) in [5, 5.41) is 6.92. The first kappa shape index (κ1) is 14.5. The molecular weight excluding hydrogens is 283 g/mol. The van der Waals surface area contributed by atoms with E-state index in [1.807, 2.05) is 0 Å². The third-order valence-electron chi connectivity index (χ3n) is 2.61. The topological polar surface area (TPSA) is 76.0 Å². The van der Waals surface area contributed by atoms with Gasteiger partial charge in [-0.1, -0.05) is 0 Å². The van der Waals surface area contributed by atoms with E-state index in [0.29, 0.717) is 18.8 Å². The van der Waals surface area contributed by atoms with Gasteiger partial charge in [0, 0.05) is 18.4 Å². The number of anilines is 1. The average molecular weight is 298 g/mol. The molecule has 0 saturated carbocycles. The zero-order chi connectivity index (χ0) is 14.6. The van der Waals surface area contributed by atoms with E-state index in [4.69, 9.17) is 0 Å². The number of nitrogens with one attached hydrogen (secondary N) is 2. The van der Waals surface area contributed by atoms with Crippen molar-refractivity contribution in [2.24, 2.45) is 0 Å². The molecule has 0 aliphatic carbocycles. The summed E-state index contributed by atoms with van der Waals surface area (Å²) in [6.45, 7) is 1.26. The molecule has 1 aromatic heterocycles. The number of hydrogen-bond donors (Lipinski definition) is 2. The van der Waals surface area contributed by atoms with Gasteiger partial charge >= 0.3 is 0 Å². The van der Waals surface area contributed by atoms with E-state index >= 15 is 0 Å².